The van der Waals surface area contributed by atoms with Crippen LogP contribution < -0.4 is 5.73 Å². The van der Waals surface area contributed by atoms with Gasteiger partial charge in [0.05, 0.1) is 12.6 Å². The van der Waals surface area contributed by atoms with Crippen LogP contribution in [0.2, 0.25) is 0 Å². The third kappa shape index (κ3) is 4.47. The molecular formula is C13H26N4O2. The summed E-state index contributed by atoms with van der Waals surface area (Å²) < 4.78 is 0. The standard InChI is InChI=1S/C13H26N4O2/c1-10(2)12(14)13(19)17-7-5-16(6-8-17)9-11(18)15(3)4/h10,12H,5-9,14H2,1-4H3. The molecule has 0 bridgehead atoms. The molecule has 0 saturated carbocycles. The van der Waals surface area contributed by atoms with Crippen molar-refractivity contribution in [3.05, 3.63) is 0 Å². The lowest BCUT2D eigenvalue weighted by Gasteiger charge is -2.36. The maximum atomic E-state index is 12.1. The second-order valence-electron chi connectivity index (χ2n) is 5.66. The number of carbonyl (C=O) groups excluding carboxylic acids is 2. The Kier molecular flexibility index (Phi) is 5.75. The van der Waals surface area contributed by atoms with Crippen LogP contribution in [0.5, 0.6) is 0 Å². The van der Waals surface area contributed by atoms with E-state index in [1.165, 1.54) is 0 Å². The maximum absolute atomic E-state index is 12.1. The highest BCUT2D eigenvalue weighted by atomic mass is 16.2. The van der Waals surface area contributed by atoms with E-state index in [1.54, 1.807) is 23.9 Å². The SMILES string of the molecule is CC(C)C(N)C(=O)N1CCN(CC(=O)N(C)C)CC1. The van der Waals surface area contributed by atoms with E-state index in [9.17, 15) is 9.59 Å². The molecule has 1 atom stereocenters. The topological polar surface area (TPSA) is 69.9 Å². The largest absolute Gasteiger partial charge is 0.348 e. The summed E-state index contributed by atoms with van der Waals surface area (Å²) in [7, 11) is 3.51. The highest BCUT2D eigenvalue weighted by Crippen LogP contribution is 2.07. The van der Waals surface area contributed by atoms with Gasteiger partial charge in [0.2, 0.25) is 11.8 Å². The molecule has 19 heavy (non-hydrogen) atoms. The Hall–Kier alpha value is -1.14. The number of nitrogens with zero attached hydrogens (tertiary/aromatic N) is 3. The number of nitrogens with two attached hydrogens (primary N) is 1. The summed E-state index contributed by atoms with van der Waals surface area (Å²) in [6.07, 6.45) is 0. The molecular weight excluding hydrogens is 244 g/mol. The van der Waals surface area contributed by atoms with Crippen LogP contribution >= 0.6 is 0 Å². The monoisotopic (exact) mass is 270 g/mol. The van der Waals surface area contributed by atoms with Crippen molar-refractivity contribution in [2.75, 3.05) is 46.8 Å². The fourth-order valence-corrected chi connectivity index (χ4v) is 1.96. The van der Waals surface area contributed by atoms with E-state index in [1.807, 2.05) is 13.8 Å². The van der Waals surface area contributed by atoms with E-state index < -0.39 is 6.04 Å². The van der Waals surface area contributed by atoms with Crippen LogP contribution in [0.25, 0.3) is 0 Å². The third-order valence-electron chi connectivity index (χ3n) is 3.55. The zero-order chi connectivity index (χ0) is 14.6. The molecule has 6 nitrogen and oxygen atoms in total. The first-order valence-electron chi connectivity index (χ1n) is 6.79. The van der Waals surface area contributed by atoms with Crippen molar-refractivity contribution in [2.24, 2.45) is 11.7 Å². The summed E-state index contributed by atoms with van der Waals surface area (Å²) in [4.78, 5) is 29.2. The zero-order valence-corrected chi connectivity index (χ0v) is 12.4. The lowest BCUT2D eigenvalue weighted by Crippen LogP contribution is -2.55. The maximum Gasteiger partial charge on any atom is 0.239 e. The van der Waals surface area contributed by atoms with Crippen molar-refractivity contribution < 1.29 is 9.59 Å². The Labute approximate surface area is 115 Å². The van der Waals surface area contributed by atoms with Crippen LogP contribution in [0.3, 0.4) is 0 Å². The fraction of sp³-hybridized carbons (Fsp3) is 0.846. The summed E-state index contributed by atoms with van der Waals surface area (Å²) >= 11 is 0. The van der Waals surface area contributed by atoms with E-state index in [0.717, 1.165) is 13.1 Å². The van der Waals surface area contributed by atoms with Gasteiger partial charge in [0, 0.05) is 40.3 Å². The van der Waals surface area contributed by atoms with Gasteiger partial charge in [0.15, 0.2) is 0 Å². The average Bonchev–Trinajstić information content (AvgIpc) is 2.37. The smallest absolute Gasteiger partial charge is 0.239 e. The zero-order valence-electron chi connectivity index (χ0n) is 12.4. The Morgan fingerprint density at radius 3 is 2.11 bits per heavy atom. The minimum absolute atomic E-state index is 0.0218. The number of piperazine rings is 1. The van der Waals surface area contributed by atoms with Crippen LogP contribution in [0.15, 0.2) is 0 Å². The molecule has 0 aliphatic carbocycles. The van der Waals surface area contributed by atoms with Crippen molar-refractivity contribution >= 4 is 11.8 Å². The minimum Gasteiger partial charge on any atom is -0.348 e. The number of rotatable bonds is 4. The number of carbonyl (C=O) groups is 2. The predicted octanol–water partition coefficient (Wildman–Crippen LogP) is -0.798. The molecule has 0 aromatic carbocycles. The van der Waals surface area contributed by atoms with Gasteiger partial charge in [-0.1, -0.05) is 13.8 Å². The number of likely N-dealkylation sites (N-methyl/N-ethyl adjacent to an activating group) is 1. The Morgan fingerprint density at radius 2 is 1.68 bits per heavy atom. The molecule has 0 aromatic rings. The lowest BCUT2D eigenvalue weighted by molar-refractivity contribution is -0.136. The molecule has 1 fully saturated rings. The summed E-state index contributed by atoms with van der Waals surface area (Å²) in [6.45, 7) is 7.10. The number of hydrogen-bond donors (Lipinski definition) is 1. The Bertz CT molecular complexity index is 323. The first-order chi connectivity index (χ1) is 8.82. The highest BCUT2D eigenvalue weighted by Gasteiger charge is 2.27. The van der Waals surface area contributed by atoms with E-state index in [0.29, 0.717) is 19.6 Å². The first kappa shape index (κ1) is 15.9. The third-order valence-corrected chi connectivity index (χ3v) is 3.55. The summed E-state index contributed by atoms with van der Waals surface area (Å²) in [5.74, 6) is 0.271. The quantitative estimate of drug-likeness (QED) is 0.726. The summed E-state index contributed by atoms with van der Waals surface area (Å²) in [5.41, 5.74) is 5.88. The van der Waals surface area contributed by atoms with Crippen molar-refractivity contribution in [3.8, 4) is 0 Å². The van der Waals surface area contributed by atoms with Gasteiger partial charge in [-0.05, 0) is 5.92 Å². The van der Waals surface area contributed by atoms with Crippen LogP contribution in [0.1, 0.15) is 13.8 Å². The van der Waals surface area contributed by atoms with E-state index in [4.69, 9.17) is 5.73 Å². The van der Waals surface area contributed by atoms with Gasteiger partial charge in [-0.15, -0.1) is 0 Å². The molecule has 0 radical (unpaired) electrons. The van der Waals surface area contributed by atoms with Crippen LogP contribution in [0.4, 0.5) is 0 Å². The molecule has 0 spiro atoms. The van der Waals surface area contributed by atoms with Gasteiger partial charge in [-0.3, -0.25) is 14.5 Å². The summed E-state index contributed by atoms with van der Waals surface area (Å²) in [5, 5.41) is 0. The molecule has 0 aromatic heterocycles. The van der Waals surface area contributed by atoms with Gasteiger partial charge < -0.3 is 15.5 Å². The highest BCUT2D eigenvalue weighted by molar-refractivity contribution is 5.82. The molecule has 110 valence electrons. The Morgan fingerprint density at radius 1 is 1.16 bits per heavy atom. The number of amides is 2. The van der Waals surface area contributed by atoms with Gasteiger partial charge in [0.1, 0.15) is 0 Å². The van der Waals surface area contributed by atoms with Gasteiger partial charge in [-0.2, -0.15) is 0 Å². The lowest BCUT2D eigenvalue weighted by atomic mass is 10.0. The molecule has 1 aliphatic rings. The van der Waals surface area contributed by atoms with Crippen LogP contribution in [0, 0.1) is 5.92 Å². The van der Waals surface area contributed by atoms with E-state index in [2.05, 4.69) is 4.90 Å². The molecule has 1 rings (SSSR count). The van der Waals surface area contributed by atoms with Gasteiger partial charge in [0.25, 0.3) is 0 Å². The minimum atomic E-state index is -0.421. The van der Waals surface area contributed by atoms with Crippen LogP contribution in [-0.2, 0) is 9.59 Å². The summed E-state index contributed by atoms with van der Waals surface area (Å²) in [6, 6.07) is -0.421. The van der Waals surface area contributed by atoms with Crippen molar-refractivity contribution in [3.63, 3.8) is 0 Å². The van der Waals surface area contributed by atoms with Crippen molar-refractivity contribution in [1.82, 2.24) is 14.7 Å². The van der Waals surface area contributed by atoms with Crippen LogP contribution in [-0.4, -0.2) is 79.4 Å². The molecule has 1 saturated heterocycles. The normalized spacial score (nSPS) is 18.5. The van der Waals surface area contributed by atoms with Crippen molar-refractivity contribution in [2.45, 2.75) is 19.9 Å². The first-order valence-corrected chi connectivity index (χ1v) is 6.79. The number of hydrogen-bond acceptors (Lipinski definition) is 4. The molecule has 6 heteroatoms. The Balaban J connectivity index is 2.41. The second-order valence-corrected chi connectivity index (χ2v) is 5.66. The molecule has 2 amide bonds. The van der Waals surface area contributed by atoms with Gasteiger partial charge in [-0.25, -0.2) is 0 Å². The van der Waals surface area contributed by atoms with E-state index in [-0.39, 0.29) is 17.7 Å². The van der Waals surface area contributed by atoms with E-state index >= 15 is 0 Å². The predicted molar refractivity (Wildman–Crippen MR) is 74.5 cm³/mol. The molecule has 1 unspecified atom stereocenters. The molecule has 1 heterocycles. The molecule has 2 N–H and O–H groups in total. The van der Waals surface area contributed by atoms with Gasteiger partial charge >= 0.3 is 0 Å². The van der Waals surface area contributed by atoms with Crippen molar-refractivity contribution in [1.29, 1.82) is 0 Å². The molecule has 1 aliphatic heterocycles. The fourth-order valence-electron chi connectivity index (χ4n) is 1.96. The second kappa shape index (κ2) is 6.86. The average molecular weight is 270 g/mol.